The van der Waals surface area contributed by atoms with Gasteiger partial charge in [0.05, 0.1) is 58.1 Å². The molecule has 1 spiro atoms. The van der Waals surface area contributed by atoms with Crippen LogP contribution in [-0.2, 0) is 63.6 Å². The highest BCUT2D eigenvalue weighted by Gasteiger charge is 2.58. The molecule has 0 bridgehead atoms. The Balaban J connectivity index is 0.897. The number of fused-ring (bicyclic) bond motifs is 1. The normalized spacial score (nSPS) is 38.9. The number of aliphatic hydroxyl groups is 12. The predicted molar refractivity (Wildman–Crippen MR) is 345 cm³/mol. The van der Waals surface area contributed by atoms with Gasteiger partial charge in [0, 0.05) is 25.2 Å². The van der Waals surface area contributed by atoms with Gasteiger partial charge in [-0.05, 0) is 47.4 Å². The van der Waals surface area contributed by atoms with Gasteiger partial charge in [-0.25, -0.2) is 0 Å². The molecule has 6 amide bonds. The fourth-order valence-corrected chi connectivity index (χ4v) is 14.0. The first-order valence-electron chi connectivity index (χ1n) is 33.6. The van der Waals surface area contributed by atoms with E-state index in [0.29, 0.717) is 24.3 Å². The smallest absolute Gasteiger partial charge is 0.246 e. The second-order valence-corrected chi connectivity index (χ2v) is 27.8. The van der Waals surface area contributed by atoms with E-state index in [2.05, 4.69) is 68.0 Å². The minimum absolute atomic E-state index is 0.0195. The lowest BCUT2D eigenvalue weighted by Crippen LogP contribution is -2.70. The maximum Gasteiger partial charge on any atom is 0.246 e. The molecule has 2 aromatic rings. The van der Waals surface area contributed by atoms with Crippen LogP contribution in [0.15, 0.2) is 64.6 Å². The molecule has 5 saturated heterocycles. The zero-order chi connectivity index (χ0) is 73.1. The summed E-state index contributed by atoms with van der Waals surface area (Å²) in [5, 5.41) is 151. The molecule has 7 heterocycles. The highest BCUT2D eigenvalue weighted by Crippen LogP contribution is 2.47. The van der Waals surface area contributed by atoms with Crippen LogP contribution in [0, 0.1) is 11.3 Å². The molecule has 101 heavy (non-hydrogen) atoms. The van der Waals surface area contributed by atoms with Gasteiger partial charge < -0.3 is 148 Å². The molecule has 37 nitrogen and oxygen atoms in total. The van der Waals surface area contributed by atoms with Crippen molar-refractivity contribution in [3.63, 3.8) is 0 Å². The third-order valence-corrected chi connectivity index (χ3v) is 20.1. The van der Waals surface area contributed by atoms with Gasteiger partial charge in [0.2, 0.25) is 41.7 Å². The van der Waals surface area contributed by atoms with E-state index in [4.69, 9.17) is 44.6 Å². The zero-order valence-electron chi connectivity index (χ0n) is 55.9. The number of guanidine groups is 2. The number of hydrogen-bond donors (Lipinski definition) is 21. The molecule has 25 unspecified atom stereocenters. The molecular formula is C64H94N12O25. The minimum atomic E-state index is -2.34. The Hall–Kier alpha value is -7.12. The number of nitrogens with two attached hydrogens (primary N) is 2. The molecule has 2 aromatic carbocycles. The largest absolute Gasteiger partial charge is 0.462 e. The quantitative estimate of drug-likeness (QED) is 0.0742. The summed E-state index contributed by atoms with van der Waals surface area (Å²) in [5.41, 5.74) is 13.0. The Labute approximate surface area is 579 Å². The highest BCUT2D eigenvalue weighted by molar-refractivity contribution is 5.98. The van der Waals surface area contributed by atoms with Crippen LogP contribution in [-0.4, -0.2) is 312 Å². The van der Waals surface area contributed by atoms with Gasteiger partial charge in [-0.15, -0.1) is 0 Å². The Bertz CT molecular complexity index is 3270. The summed E-state index contributed by atoms with van der Waals surface area (Å²) < 4.78 is 42.3. The van der Waals surface area contributed by atoms with Crippen LogP contribution in [0.1, 0.15) is 70.4 Å². The van der Waals surface area contributed by atoms with Crippen molar-refractivity contribution in [3.05, 3.63) is 65.7 Å². The number of carbonyl (C=O) groups is 6. The Morgan fingerprint density at radius 1 is 0.644 bits per heavy atom. The third kappa shape index (κ3) is 16.9. The van der Waals surface area contributed by atoms with Crippen molar-refractivity contribution in [2.45, 2.75) is 218 Å². The van der Waals surface area contributed by atoms with Gasteiger partial charge in [0.15, 0.2) is 30.2 Å². The first-order valence-corrected chi connectivity index (χ1v) is 33.6. The van der Waals surface area contributed by atoms with Crippen LogP contribution >= 0.6 is 0 Å². The van der Waals surface area contributed by atoms with E-state index >= 15 is 9.59 Å². The maximum absolute atomic E-state index is 15.2. The maximum atomic E-state index is 15.2. The number of aliphatic imine (C=N–C) groups is 2. The molecule has 37 heteroatoms. The van der Waals surface area contributed by atoms with Gasteiger partial charge in [0.25, 0.3) is 0 Å². The lowest BCUT2D eigenvalue weighted by Gasteiger charge is -2.53. The SMILES string of the molecule is CC(c1ccccc1)C1NC(=O)CNC(=O)C(CO)NC(=O)C(C(O)C2CN=C(N)N2C2OC(CO)C(O)C(O)C2O)NC(=O)C(C(O)C2CN=C(N)N2)NC(=O)C(Cc2ccc(OC3OC(CO)C(OC4OC5COC6(CCC(C(C)(C)C)CC6)OC5C(O)C4O)C(O)C3O)cc2)NC1=O. The average Bonchev–Trinajstić information content (AvgIpc) is 1.53. The predicted octanol–water partition coefficient (Wildman–Crippen LogP) is -9.62. The van der Waals surface area contributed by atoms with E-state index in [-0.39, 0.29) is 35.8 Å². The Kier molecular flexibility index (Phi) is 24.4. The van der Waals surface area contributed by atoms with Gasteiger partial charge >= 0.3 is 0 Å². The molecule has 0 radical (unpaired) electrons. The molecule has 1 aliphatic carbocycles. The number of rotatable bonds is 16. The van der Waals surface area contributed by atoms with Crippen LogP contribution < -0.4 is 53.4 Å². The van der Waals surface area contributed by atoms with Gasteiger partial charge in [-0.1, -0.05) is 70.2 Å². The second-order valence-electron chi connectivity index (χ2n) is 27.8. The first-order chi connectivity index (χ1) is 47.9. The minimum Gasteiger partial charge on any atom is -0.462 e. The molecule has 0 aromatic heterocycles. The number of nitrogens with one attached hydrogen (secondary N) is 7. The summed E-state index contributed by atoms with van der Waals surface area (Å²) in [5.74, 6) is -9.42. The van der Waals surface area contributed by atoms with Crippen molar-refractivity contribution in [3.8, 4) is 5.75 Å². The fourth-order valence-electron chi connectivity index (χ4n) is 14.0. The summed E-state index contributed by atoms with van der Waals surface area (Å²) in [6, 6.07) is 1.11. The van der Waals surface area contributed by atoms with Gasteiger partial charge in [0.1, 0.15) is 121 Å². The topological polar surface area (TPSA) is 574 Å². The number of benzene rings is 2. The lowest BCUT2D eigenvalue weighted by atomic mass is 9.70. The van der Waals surface area contributed by atoms with Crippen LogP contribution in [0.25, 0.3) is 0 Å². The van der Waals surface area contributed by atoms with E-state index in [1.807, 2.05) is 0 Å². The van der Waals surface area contributed by atoms with Gasteiger partial charge in [-0.2, -0.15) is 0 Å². The third-order valence-electron chi connectivity index (χ3n) is 20.1. The standard InChI is InChI=1S/C64H94N12O25/c1-26(28-8-6-5-7-9-28)39-55(92)70-31(18-27-10-12-30(13-11-27)96-59-49(88)46(85)51(36(24-79)98-59)100-60-50(89)47(86)52-37(99-60)25-95-64(101-52)16-14-29(15-17-64)63(2,3)4)54(91)74-40(42(81)32-19-68-61(65)72-32)57(94)75-41(56(93)71-33(22-77)53(90)67-21-38(80)73-39)43(82)34-20-69-62(66)76(34)58-48(87)45(84)44(83)35(23-78)97-58/h5-13,26,29,31-37,39-52,58-60,77-79,81-89H,14-25H2,1-4H3,(H2,66,69)(H,67,90)(H,70,92)(H,71,93)(H,73,80)(H,74,91)(H,75,94)(H3,65,68,72). The monoisotopic (exact) mass is 1430 g/mol. The number of ether oxygens (including phenoxy) is 7. The number of aliphatic hydroxyl groups excluding tert-OH is 12. The Morgan fingerprint density at radius 3 is 1.92 bits per heavy atom. The summed E-state index contributed by atoms with van der Waals surface area (Å²) in [6.07, 6.45) is -26.6. The number of nitrogens with zero attached hydrogens (tertiary/aromatic N) is 3. The van der Waals surface area contributed by atoms with E-state index in [9.17, 15) is 80.5 Å². The molecule has 8 aliphatic rings. The van der Waals surface area contributed by atoms with E-state index in [1.165, 1.54) is 24.3 Å². The second kappa shape index (κ2) is 32.3. The molecule has 1 saturated carbocycles. The summed E-state index contributed by atoms with van der Waals surface area (Å²) in [4.78, 5) is 96.6. The molecular weight excluding hydrogens is 1340 g/mol. The van der Waals surface area contributed by atoms with Crippen LogP contribution in [0.5, 0.6) is 5.75 Å². The molecule has 23 N–H and O–H groups in total. The van der Waals surface area contributed by atoms with Crippen LogP contribution in [0.3, 0.4) is 0 Å². The molecule has 560 valence electrons. The van der Waals surface area contributed by atoms with Crippen molar-refractivity contribution in [2.24, 2.45) is 32.8 Å². The van der Waals surface area contributed by atoms with E-state index < -0.39 is 239 Å². The molecule has 7 aliphatic heterocycles. The van der Waals surface area contributed by atoms with E-state index in [0.717, 1.165) is 17.7 Å². The van der Waals surface area contributed by atoms with Gasteiger partial charge in [-0.3, -0.25) is 38.8 Å². The van der Waals surface area contributed by atoms with Crippen molar-refractivity contribution in [1.82, 2.24) is 42.1 Å². The van der Waals surface area contributed by atoms with E-state index in [1.54, 1.807) is 37.3 Å². The molecule has 25 atom stereocenters. The zero-order valence-corrected chi connectivity index (χ0v) is 55.9. The van der Waals surface area contributed by atoms with Crippen LogP contribution in [0.2, 0.25) is 0 Å². The van der Waals surface area contributed by atoms with Crippen molar-refractivity contribution < 1.29 is 123 Å². The first kappa shape index (κ1) is 76.5. The van der Waals surface area contributed by atoms with Crippen LogP contribution in [0.4, 0.5) is 0 Å². The highest BCUT2D eigenvalue weighted by atomic mass is 16.8. The summed E-state index contributed by atoms with van der Waals surface area (Å²) in [6.45, 7) is 3.46. The summed E-state index contributed by atoms with van der Waals surface area (Å²) in [7, 11) is 0. The van der Waals surface area contributed by atoms with Crippen molar-refractivity contribution >= 4 is 47.4 Å². The summed E-state index contributed by atoms with van der Waals surface area (Å²) >= 11 is 0. The van der Waals surface area contributed by atoms with Crippen molar-refractivity contribution in [2.75, 3.05) is 46.1 Å². The fraction of sp³-hybridized carbons (Fsp3) is 0.688. The Morgan fingerprint density at radius 2 is 1.28 bits per heavy atom. The number of amides is 6. The average molecular weight is 1430 g/mol. The van der Waals surface area contributed by atoms with Crippen molar-refractivity contribution in [1.29, 1.82) is 0 Å². The number of hydrogen-bond acceptors (Lipinski definition) is 31. The molecule has 6 fully saturated rings. The number of carbonyl (C=O) groups excluding carboxylic acids is 6. The molecule has 10 rings (SSSR count). The lowest BCUT2D eigenvalue weighted by molar-refractivity contribution is -0.408.